The van der Waals surface area contributed by atoms with Crippen molar-refractivity contribution in [2.75, 3.05) is 14.2 Å². The van der Waals surface area contributed by atoms with Crippen molar-refractivity contribution < 1.29 is 9.47 Å². The van der Waals surface area contributed by atoms with Gasteiger partial charge in [0.05, 0.1) is 19.7 Å². The number of nitrogens with one attached hydrogen (secondary N) is 1. The van der Waals surface area contributed by atoms with E-state index in [0.717, 1.165) is 27.9 Å². The zero-order chi connectivity index (χ0) is 11.8. The second kappa shape index (κ2) is 3.70. The minimum absolute atomic E-state index is 0.742. The van der Waals surface area contributed by atoms with Gasteiger partial charge < -0.3 is 14.5 Å². The summed E-state index contributed by atoms with van der Waals surface area (Å²) in [5.41, 5.74) is 2.18. The lowest BCUT2D eigenvalue weighted by atomic mass is 10.1. The molecule has 0 bridgehead atoms. The molecule has 0 aliphatic rings. The van der Waals surface area contributed by atoms with Crippen LogP contribution in [0.2, 0.25) is 0 Å². The number of hydrogen-bond acceptors (Lipinski definition) is 2. The van der Waals surface area contributed by atoms with E-state index in [1.54, 1.807) is 14.2 Å². The second-order valence-electron chi connectivity index (χ2n) is 3.92. The molecule has 3 nitrogen and oxygen atoms in total. The van der Waals surface area contributed by atoms with E-state index in [0.29, 0.717) is 0 Å². The Morgan fingerprint density at radius 1 is 0.824 bits per heavy atom. The van der Waals surface area contributed by atoms with Crippen LogP contribution in [-0.2, 0) is 0 Å². The molecule has 0 radical (unpaired) electrons. The third-order valence-corrected chi connectivity index (χ3v) is 3.01. The molecule has 0 spiro atoms. The quantitative estimate of drug-likeness (QED) is 0.728. The van der Waals surface area contributed by atoms with Crippen LogP contribution in [0.25, 0.3) is 21.8 Å². The van der Waals surface area contributed by atoms with E-state index in [4.69, 9.17) is 9.47 Å². The minimum atomic E-state index is 0.742. The van der Waals surface area contributed by atoms with Crippen molar-refractivity contribution >= 4 is 21.8 Å². The highest BCUT2D eigenvalue weighted by Gasteiger charge is 2.09. The maximum absolute atomic E-state index is 5.32. The van der Waals surface area contributed by atoms with Gasteiger partial charge in [0.15, 0.2) is 11.5 Å². The smallest absolute Gasteiger partial charge is 0.162 e. The highest BCUT2D eigenvalue weighted by atomic mass is 16.5. The molecule has 0 atom stereocenters. The summed E-state index contributed by atoms with van der Waals surface area (Å²) in [6.07, 6.45) is 0. The summed E-state index contributed by atoms with van der Waals surface area (Å²) >= 11 is 0. The van der Waals surface area contributed by atoms with Crippen LogP contribution in [0.15, 0.2) is 36.4 Å². The number of hydrogen-bond donors (Lipinski definition) is 1. The van der Waals surface area contributed by atoms with Crippen LogP contribution < -0.4 is 9.47 Å². The number of benzene rings is 2. The van der Waals surface area contributed by atoms with Gasteiger partial charge in [0.25, 0.3) is 0 Å². The van der Waals surface area contributed by atoms with E-state index in [1.807, 2.05) is 24.3 Å². The molecule has 0 amide bonds. The Morgan fingerprint density at radius 3 is 2.29 bits per heavy atom. The number of ether oxygens (including phenoxy) is 2. The molecule has 3 rings (SSSR count). The Hall–Kier alpha value is -2.16. The molecule has 1 heterocycles. The van der Waals surface area contributed by atoms with Gasteiger partial charge >= 0.3 is 0 Å². The second-order valence-corrected chi connectivity index (χ2v) is 3.92. The average Bonchev–Trinajstić information content (AvgIpc) is 2.74. The van der Waals surface area contributed by atoms with Gasteiger partial charge in [-0.15, -0.1) is 0 Å². The highest BCUT2D eigenvalue weighted by molar-refractivity contribution is 6.08. The summed E-state index contributed by atoms with van der Waals surface area (Å²) < 4.78 is 10.6. The SMILES string of the molecule is COc1cc2[nH]c3ccccc3c2cc1OC. The molecule has 0 saturated heterocycles. The molecule has 2 aromatic carbocycles. The van der Waals surface area contributed by atoms with Gasteiger partial charge in [-0.3, -0.25) is 0 Å². The van der Waals surface area contributed by atoms with Crippen molar-refractivity contribution in [2.24, 2.45) is 0 Å². The summed E-state index contributed by atoms with van der Waals surface area (Å²) in [6.45, 7) is 0. The van der Waals surface area contributed by atoms with Gasteiger partial charge in [0, 0.05) is 22.4 Å². The minimum Gasteiger partial charge on any atom is -0.493 e. The summed E-state index contributed by atoms with van der Waals surface area (Å²) in [7, 11) is 3.30. The van der Waals surface area contributed by atoms with Crippen molar-refractivity contribution in [3.63, 3.8) is 0 Å². The number of rotatable bonds is 2. The topological polar surface area (TPSA) is 34.2 Å². The maximum atomic E-state index is 5.32. The van der Waals surface area contributed by atoms with Crippen LogP contribution in [0, 0.1) is 0 Å². The van der Waals surface area contributed by atoms with E-state index in [9.17, 15) is 0 Å². The monoisotopic (exact) mass is 227 g/mol. The molecule has 86 valence electrons. The Bertz CT molecular complexity index is 685. The first kappa shape index (κ1) is 10.0. The van der Waals surface area contributed by atoms with Gasteiger partial charge in [0.1, 0.15) is 0 Å². The zero-order valence-corrected chi connectivity index (χ0v) is 9.78. The number of aromatic amines is 1. The van der Waals surface area contributed by atoms with Crippen LogP contribution in [0.1, 0.15) is 0 Å². The highest BCUT2D eigenvalue weighted by Crippen LogP contribution is 2.35. The number of fused-ring (bicyclic) bond motifs is 3. The Morgan fingerprint density at radius 2 is 1.53 bits per heavy atom. The first-order valence-corrected chi connectivity index (χ1v) is 5.46. The van der Waals surface area contributed by atoms with Crippen molar-refractivity contribution in [2.45, 2.75) is 0 Å². The van der Waals surface area contributed by atoms with Crippen LogP contribution in [0.4, 0.5) is 0 Å². The Labute approximate surface area is 99.0 Å². The first-order valence-electron chi connectivity index (χ1n) is 5.46. The van der Waals surface area contributed by atoms with Gasteiger partial charge in [0.2, 0.25) is 0 Å². The summed E-state index contributed by atoms with van der Waals surface area (Å²) in [4.78, 5) is 3.37. The molecule has 3 heteroatoms. The van der Waals surface area contributed by atoms with E-state index < -0.39 is 0 Å². The molecule has 0 aliphatic carbocycles. The third kappa shape index (κ3) is 1.43. The van der Waals surface area contributed by atoms with Crippen LogP contribution in [0.5, 0.6) is 11.5 Å². The van der Waals surface area contributed by atoms with Gasteiger partial charge in [-0.25, -0.2) is 0 Å². The Kier molecular flexibility index (Phi) is 2.18. The fourth-order valence-corrected chi connectivity index (χ4v) is 2.18. The number of H-pyrrole nitrogens is 1. The van der Waals surface area contributed by atoms with Crippen molar-refractivity contribution in [3.05, 3.63) is 36.4 Å². The maximum Gasteiger partial charge on any atom is 0.162 e. The number of methoxy groups -OCH3 is 2. The lowest BCUT2D eigenvalue weighted by Crippen LogP contribution is -1.89. The Balaban J connectivity index is 2.41. The van der Waals surface area contributed by atoms with Crippen LogP contribution in [-0.4, -0.2) is 19.2 Å². The molecular weight excluding hydrogens is 214 g/mol. The molecule has 1 aromatic heterocycles. The predicted octanol–water partition coefficient (Wildman–Crippen LogP) is 3.34. The lowest BCUT2D eigenvalue weighted by Gasteiger charge is -2.07. The molecule has 0 unspecified atom stereocenters. The zero-order valence-electron chi connectivity index (χ0n) is 9.78. The van der Waals surface area contributed by atoms with E-state index in [-0.39, 0.29) is 0 Å². The predicted molar refractivity (Wildman–Crippen MR) is 68.9 cm³/mol. The van der Waals surface area contributed by atoms with E-state index in [2.05, 4.69) is 17.1 Å². The molecule has 0 saturated carbocycles. The first-order chi connectivity index (χ1) is 8.33. The van der Waals surface area contributed by atoms with Gasteiger partial charge in [-0.2, -0.15) is 0 Å². The van der Waals surface area contributed by atoms with Crippen molar-refractivity contribution in [1.82, 2.24) is 4.98 Å². The third-order valence-electron chi connectivity index (χ3n) is 3.01. The van der Waals surface area contributed by atoms with Crippen LogP contribution >= 0.6 is 0 Å². The summed E-state index contributed by atoms with van der Waals surface area (Å²) in [5, 5.41) is 2.35. The van der Waals surface area contributed by atoms with E-state index >= 15 is 0 Å². The van der Waals surface area contributed by atoms with Gasteiger partial charge in [-0.05, 0) is 12.1 Å². The van der Waals surface area contributed by atoms with Gasteiger partial charge in [-0.1, -0.05) is 18.2 Å². The van der Waals surface area contributed by atoms with Crippen molar-refractivity contribution in [1.29, 1.82) is 0 Å². The van der Waals surface area contributed by atoms with E-state index in [1.165, 1.54) is 5.39 Å². The molecule has 0 aliphatic heterocycles. The molecular formula is C14H13NO2. The standard InChI is InChI=1S/C14H13NO2/c1-16-13-7-10-9-5-3-4-6-11(9)15-12(10)8-14(13)17-2/h3-8,15H,1-2H3. The number of para-hydroxylation sites is 1. The molecule has 3 aromatic rings. The van der Waals surface area contributed by atoms with Crippen molar-refractivity contribution in [3.8, 4) is 11.5 Å². The fourth-order valence-electron chi connectivity index (χ4n) is 2.18. The van der Waals surface area contributed by atoms with Crippen LogP contribution in [0.3, 0.4) is 0 Å². The fraction of sp³-hybridized carbons (Fsp3) is 0.143. The lowest BCUT2D eigenvalue weighted by molar-refractivity contribution is 0.356. The average molecular weight is 227 g/mol. The normalized spacial score (nSPS) is 10.9. The molecule has 1 N–H and O–H groups in total. The summed E-state index contributed by atoms with van der Waals surface area (Å²) in [5.74, 6) is 1.50. The summed E-state index contributed by atoms with van der Waals surface area (Å²) in [6, 6.07) is 12.2. The largest absolute Gasteiger partial charge is 0.493 e. The molecule has 17 heavy (non-hydrogen) atoms. The number of aromatic nitrogens is 1. The molecule has 0 fully saturated rings.